The Morgan fingerprint density at radius 1 is 1.22 bits per heavy atom. The first-order chi connectivity index (χ1) is 8.56. The highest BCUT2D eigenvalue weighted by Gasteiger charge is 2.10. The summed E-state index contributed by atoms with van der Waals surface area (Å²) in [4.78, 5) is 12.0. The van der Waals surface area contributed by atoms with Crippen molar-refractivity contribution in [1.29, 1.82) is 0 Å². The van der Waals surface area contributed by atoms with Gasteiger partial charge in [-0.3, -0.25) is 4.79 Å². The largest absolute Gasteiger partial charge is 0.398 e. The molecular formula is C14H13ClN2O. The molecule has 0 unspecified atom stereocenters. The standard InChI is InChI=1S/C14H13ClN2O/c1-9-3-2-4-11(7-9)17-14(18)12-8-10(15)5-6-13(12)16/h2-8H,16H2,1H3,(H,17,18). The lowest BCUT2D eigenvalue weighted by molar-refractivity contribution is 0.102. The number of anilines is 2. The molecule has 92 valence electrons. The summed E-state index contributed by atoms with van der Waals surface area (Å²) in [5, 5.41) is 3.27. The predicted octanol–water partition coefficient (Wildman–Crippen LogP) is 3.48. The number of amides is 1. The third kappa shape index (κ3) is 2.81. The molecule has 3 nitrogen and oxygen atoms in total. The third-order valence-corrected chi connectivity index (χ3v) is 2.77. The molecule has 0 spiro atoms. The van der Waals surface area contributed by atoms with E-state index in [1.54, 1.807) is 18.2 Å². The normalized spacial score (nSPS) is 10.1. The van der Waals surface area contributed by atoms with Crippen LogP contribution in [0, 0.1) is 6.92 Å². The Labute approximate surface area is 111 Å². The minimum atomic E-state index is -0.263. The van der Waals surface area contributed by atoms with Gasteiger partial charge >= 0.3 is 0 Å². The van der Waals surface area contributed by atoms with E-state index >= 15 is 0 Å². The van der Waals surface area contributed by atoms with Crippen molar-refractivity contribution in [1.82, 2.24) is 0 Å². The molecule has 2 rings (SSSR count). The van der Waals surface area contributed by atoms with Crippen LogP contribution in [0.2, 0.25) is 5.02 Å². The number of carbonyl (C=O) groups excluding carboxylic acids is 1. The number of nitrogen functional groups attached to an aromatic ring is 1. The average molecular weight is 261 g/mol. The van der Waals surface area contributed by atoms with Crippen molar-refractivity contribution in [2.75, 3.05) is 11.1 Å². The zero-order chi connectivity index (χ0) is 13.1. The lowest BCUT2D eigenvalue weighted by atomic mass is 10.1. The Balaban J connectivity index is 2.24. The van der Waals surface area contributed by atoms with Crippen LogP contribution in [0.4, 0.5) is 11.4 Å². The van der Waals surface area contributed by atoms with Gasteiger partial charge in [0.25, 0.3) is 5.91 Å². The number of hydrogen-bond donors (Lipinski definition) is 2. The van der Waals surface area contributed by atoms with Crippen LogP contribution in [0.15, 0.2) is 42.5 Å². The molecule has 0 radical (unpaired) electrons. The van der Waals surface area contributed by atoms with Crippen LogP contribution >= 0.6 is 11.6 Å². The second-order valence-electron chi connectivity index (χ2n) is 4.06. The van der Waals surface area contributed by atoms with Crippen LogP contribution in [0.1, 0.15) is 15.9 Å². The minimum absolute atomic E-state index is 0.263. The number of nitrogens with two attached hydrogens (primary N) is 1. The second kappa shape index (κ2) is 5.10. The van der Waals surface area contributed by atoms with Crippen molar-refractivity contribution < 1.29 is 4.79 Å². The fraction of sp³-hybridized carbons (Fsp3) is 0.0714. The van der Waals surface area contributed by atoms with Gasteiger partial charge in [-0.1, -0.05) is 23.7 Å². The summed E-state index contributed by atoms with van der Waals surface area (Å²) in [7, 11) is 0. The van der Waals surface area contributed by atoms with Crippen LogP contribution in [0.5, 0.6) is 0 Å². The van der Waals surface area contributed by atoms with Crippen molar-refractivity contribution in [3.63, 3.8) is 0 Å². The van der Waals surface area contributed by atoms with Crippen molar-refractivity contribution in [2.24, 2.45) is 0 Å². The number of nitrogens with one attached hydrogen (secondary N) is 1. The van der Waals surface area contributed by atoms with Crippen LogP contribution in [-0.4, -0.2) is 5.91 Å². The van der Waals surface area contributed by atoms with Crippen molar-refractivity contribution in [3.05, 3.63) is 58.6 Å². The van der Waals surface area contributed by atoms with Gasteiger partial charge in [0.1, 0.15) is 0 Å². The molecule has 0 bridgehead atoms. The zero-order valence-electron chi connectivity index (χ0n) is 9.91. The maximum Gasteiger partial charge on any atom is 0.257 e. The molecule has 2 aromatic rings. The van der Waals surface area contributed by atoms with E-state index in [4.69, 9.17) is 17.3 Å². The first kappa shape index (κ1) is 12.5. The molecule has 0 aliphatic rings. The Kier molecular flexibility index (Phi) is 3.53. The molecule has 0 saturated heterocycles. The van der Waals surface area contributed by atoms with Crippen molar-refractivity contribution in [3.8, 4) is 0 Å². The summed E-state index contributed by atoms with van der Waals surface area (Å²) in [6.45, 7) is 1.96. The molecule has 0 atom stereocenters. The lowest BCUT2D eigenvalue weighted by Gasteiger charge is -2.08. The molecule has 1 amide bonds. The molecule has 0 aromatic heterocycles. The van der Waals surface area contributed by atoms with Crippen LogP contribution in [0.25, 0.3) is 0 Å². The van der Waals surface area contributed by atoms with Gasteiger partial charge in [-0.25, -0.2) is 0 Å². The second-order valence-corrected chi connectivity index (χ2v) is 4.49. The average Bonchev–Trinajstić information content (AvgIpc) is 2.32. The van der Waals surface area contributed by atoms with E-state index in [1.165, 1.54) is 0 Å². The Bertz CT molecular complexity index is 596. The number of halogens is 1. The highest BCUT2D eigenvalue weighted by molar-refractivity contribution is 6.31. The van der Waals surface area contributed by atoms with E-state index in [0.29, 0.717) is 16.3 Å². The van der Waals surface area contributed by atoms with Crippen molar-refractivity contribution >= 4 is 28.9 Å². The van der Waals surface area contributed by atoms with Crippen LogP contribution < -0.4 is 11.1 Å². The summed E-state index contributed by atoms with van der Waals surface area (Å²) < 4.78 is 0. The monoisotopic (exact) mass is 260 g/mol. The van der Waals surface area contributed by atoms with E-state index in [1.807, 2.05) is 31.2 Å². The first-order valence-electron chi connectivity index (χ1n) is 5.49. The number of aryl methyl sites for hydroxylation is 1. The van der Waals surface area contributed by atoms with Gasteiger partial charge < -0.3 is 11.1 Å². The molecule has 0 aliphatic heterocycles. The van der Waals surface area contributed by atoms with E-state index in [0.717, 1.165) is 11.3 Å². The maximum absolute atomic E-state index is 12.0. The molecule has 0 heterocycles. The quantitative estimate of drug-likeness (QED) is 0.812. The highest BCUT2D eigenvalue weighted by Crippen LogP contribution is 2.19. The lowest BCUT2D eigenvalue weighted by Crippen LogP contribution is -2.14. The summed E-state index contributed by atoms with van der Waals surface area (Å²) >= 11 is 5.85. The molecule has 4 heteroatoms. The molecule has 0 fully saturated rings. The number of hydrogen-bond acceptors (Lipinski definition) is 2. The molecule has 3 N–H and O–H groups in total. The Hall–Kier alpha value is -2.00. The van der Waals surface area contributed by atoms with Crippen molar-refractivity contribution in [2.45, 2.75) is 6.92 Å². The fourth-order valence-electron chi connectivity index (χ4n) is 1.65. The van der Waals surface area contributed by atoms with Gasteiger partial charge in [-0.2, -0.15) is 0 Å². The zero-order valence-corrected chi connectivity index (χ0v) is 10.7. The Morgan fingerprint density at radius 3 is 2.72 bits per heavy atom. The Morgan fingerprint density at radius 2 is 2.00 bits per heavy atom. The summed E-state index contributed by atoms with van der Waals surface area (Å²) in [6.07, 6.45) is 0. The summed E-state index contributed by atoms with van der Waals surface area (Å²) in [5.41, 5.74) is 8.35. The van der Waals surface area contributed by atoms with Gasteiger partial charge in [0.2, 0.25) is 0 Å². The van der Waals surface area contributed by atoms with E-state index in [-0.39, 0.29) is 5.91 Å². The van der Waals surface area contributed by atoms with Gasteiger partial charge in [-0.15, -0.1) is 0 Å². The number of rotatable bonds is 2. The number of benzene rings is 2. The van der Waals surface area contributed by atoms with E-state index in [9.17, 15) is 4.79 Å². The highest BCUT2D eigenvalue weighted by atomic mass is 35.5. The summed E-state index contributed by atoms with van der Waals surface area (Å²) in [6, 6.07) is 12.4. The van der Waals surface area contributed by atoms with Gasteiger partial charge in [0.15, 0.2) is 0 Å². The first-order valence-corrected chi connectivity index (χ1v) is 5.87. The van der Waals surface area contributed by atoms with Crippen LogP contribution in [-0.2, 0) is 0 Å². The molecule has 0 saturated carbocycles. The molecular weight excluding hydrogens is 248 g/mol. The van der Waals surface area contributed by atoms with Gasteiger partial charge in [-0.05, 0) is 42.8 Å². The topological polar surface area (TPSA) is 55.1 Å². The minimum Gasteiger partial charge on any atom is -0.398 e. The molecule has 18 heavy (non-hydrogen) atoms. The maximum atomic E-state index is 12.0. The van der Waals surface area contributed by atoms with E-state index in [2.05, 4.69) is 5.32 Å². The predicted molar refractivity (Wildman–Crippen MR) is 75.0 cm³/mol. The summed E-state index contributed by atoms with van der Waals surface area (Å²) in [5.74, 6) is -0.263. The SMILES string of the molecule is Cc1cccc(NC(=O)c2cc(Cl)ccc2N)c1. The van der Waals surface area contributed by atoms with Gasteiger partial charge in [0.05, 0.1) is 5.56 Å². The fourth-order valence-corrected chi connectivity index (χ4v) is 1.82. The third-order valence-electron chi connectivity index (χ3n) is 2.54. The molecule has 2 aromatic carbocycles. The smallest absolute Gasteiger partial charge is 0.257 e. The molecule has 0 aliphatic carbocycles. The van der Waals surface area contributed by atoms with Crippen LogP contribution in [0.3, 0.4) is 0 Å². The van der Waals surface area contributed by atoms with Gasteiger partial charge in [0, 0.05) is 16.4 Å². The number of carbonyl (C=O) groups is 1. The van der Waals surface area contributed by atoms with E-state index < -0.39 is 0 Å².